The molecule has 2 heterocycles. The highest BCUT2D eigenvalue weighted by Crippen LogP contribution is 2.18. The number of aryl methyl sites for hydroxylation is 1. The zero-order valence-corrected chi connectivity index (χ0v) is 17.8. The van der Waals surface area contributed by atoms with Crippen LogP contribution in [0.1, 0.15) is 22.8 Å². The van der Waals surface area contributed by atoms with Gasteiger partial charge in [-0.3, -0.25) is 14.6 Å². The van der Waals surface area contributed by atoms with Crippen molar-refractivity contribution in [2.24, 2.45) is 5.73 Å². The van der Waals surface area contributed by atoms with Crippen molar-refractivity contribution in [1.82, 2.24) is 19.9 Å². The van der Waals surface area contributed by atoms with Gasteiger partial charge in [-0.25, -0.2) is 0 Å². The third-order valence-electron chi connectivity index (χ3n) is 4.76. The van der Waals surface area contributed by atoms with Gasteiger partial charge in [0.15, 0.2) is 5.82 Å². The summed E-state index contributed by atoms with van der Waals surface area (Å²) in [5.74, 6) is 1.14. The lowest BCUT2D eigenvalue weighted by atomic mass is 10.1. The Balaban J connectivity index is 0.00000196. The first-order chi connectivity index (χ1) is 12.5. The molecule has 8 nitrogen and oxygen atoms in total. The van der Waals surface area contributed by atoms with Crippen LogP contribution >= 0.6 is 24.8 Å². The Morgan fingerprint density at radius 3 is 2.50 bits per heavy atom. The quantitative estimate of drug-likeness (QED) is 0.719. The SMILES string of the molecule is Cc1cccc(NC(=O)CN2CCN(Cc3noc(CN)n3)CC2)c1C.Cl.Cl. The molecule has 3 N–H and O–H groups in total. The molecular weight excluding hydrogens is 403 g/mol. The Morgan fingerprint density at radius 1 is 1.18 bits per heavy atom. The van der Waals surface area contributed by atoms with Crippen LogP contribution in [0.2, 0.25) is 0 Å². The Labute approximate surface area is 177 Å². The van der Waals surface area contributed by atoms with Crippen LogP contribution in [-0.2, 0) is 17.9 Å². The van der Waals surface area contributed by atoms with Gasteiger partial charge < -0.3 is 15.6 Å². The molecule has 1 aliphatic heterocycles. The summed E-state index contributed by atoms with van der Waals surface area (Å²) in [6.07, 6.45) is 0. The van der Waals surface area contributed by atoms with Gasteiger partial charge in [0, 0.05) is 31.9 Å². The summed E-state index contributed by atoms with van der Waals surface area (Å²) in [6.45, 7) is 8.78. The predicted octanol–water partition coefficient (Wildman–Crippen LogP) is 1.75. The van der Waals surface area contributed by atoms with E-state index in [2.05, 4.69) is 25.3 Å². The highest BCUT2D eigenvalue weighted by atomic mass is 35.5. The molecule has 0 aliphatic carbocycles. The second-order valence-electron chi connectivity index (χ2n) is 6.66. The van der Waals surface area contributed by atoms with Crippen LogP contribution in [0.15, 0.2) is 22.7 Å². The van der Waals surface area contributed by atoms with E-state index in [4.69, 9.17) is 10.3 Å². The minimum absolute atomic E-state index is 0. The molecule has 3 rings (SSSR count). The summed E-state index contributed by atoms with van der Waals surface area (Å²) < 4.78 is 5.03. The number of halogens is 2. The normalized spacial score (nSPS) is 14.8. The van der Waals surface area contributed by atoms with Crippen molar-refractivity contribution in [3.8, 4) is 0 Å². The van der Waals surface area contributed by atoms with Crippen molar-refractivity contribution in [3.05, 3.63) is 41.0 Å². The van der Waals surface area contributed by atoms with Gasteiger partial charge in [-0.2, -0.15) is 4.98 Å². The number of carbonyl (C=O) groups excluding carboxylic acids is 1. The molecule has 10 heteroatoms. The van der Waals surface area contributed by atoms with E-state index in [1.807, 2.05) is 32.0 Å². The second-order valence-corrected chi connectivity index (χ2v) is 6.66. The number of hydrogen-bond acceptors (Lipinski definition) is 7. The Morgan fingerprint density at radius 2 is 1.86 bits per heavy atom. The molecule has 0 bridgehead atoms. The van der Waals surface area contributed by atoms with Crippen LogP contribution < -0.4 is 11.1 Å². The Kier molecular flexibility index (Phi) is 9.84. The topological polar surface area (TPSA) is 101 Å². The second kappa shape index (κ2) is 11.3. The first kappa shape index (κ1) is 24.3. The van der Waals surface area contributed by atoms with Crippen LogP contribution in [0.3, 0.4) is 0 Å². The molecule has 156 valence electrons. The van der Waals surface area contributed by atoms with Crippen molar-refractivity contribution < 1.29 is 9.32 Å². The number of piperazine rings is 1. The van der Waals surface area contributed by atoms with Crippen molar-refractivity contribution in [2.45, 2.75) is 26.9 Å². The fourth-order valence-corrected chi connectivity index (χ4v) is 3.02. The van der Waals surface area contributed by atoms with E-state index in [1.54, 1.807) is 0 Å². The van der Waals surface area contributed by atoms with Crippen molar-refractivity contribution in [3.63, 3.8) is 0 Å². The molecule has 28 heavy (non-hydrogen) atoms. The average Bonchev–Trinajstić information content (AvgIpc) is 3.08. The van der Waals surface area contributed by atoms with E-state index < -0.39 is 0 Å². The van der Waals surface area contributed by atoms with Crippen LogP contribution in [0.4, 0.5) is 5.69 Å². The lowest BCUT2D eigenvalue weighted by Gasteiger charge is -2.33. The summed E-state index contributed by atoms with van der Waals surface area (Å²) in [7, 11) is 0. The molecule has 1 aliphatic rings. The number of nitrogens with zero attached hydrogens (tertiary/aromatic N) is 4. The predicted molar refractivity (Wildman–Crippen MR) is 113 cm³/mol. The number of aromatic nitrogens is 2. The summed E-state index contributed by atoms with van der Waals surface area (Å²) in [4.78, 5) is 21.0. The zero-order valence-electron chi connectivity index (χ0n) is 16.2. The molecule has 0 atom stereocenters. The van der Waals surface area contributed by atoms with Crippen LogP contribution in [-0.4, -0.2) is 58.6 Å². The largest absolute Gasteiger partial charge is 0.338 e. The summed E-state index contributed by atoms with van der Waals surface area (Å²) in [6, 6.07) is 5.95. The standard InChI is InChI=1S/C18H26N6O2.2ClH/c1-13-4-3-5-15(14(13)2)20-17(25)12-24-8-6-23(7-9-24)11-16-21-18(10-19)26-22-16;;/h3-5H,6-12,19H2,1-2H3,(H,20,25);2*1H. The van der Waals surface area contributed by atoms with Gasteiger partial charge in [-0.05, 0) is 31.0 Å². The fraction of sp³-hybridized carbons (Fsp3) is 0.500. The van der Waals surface area contributed by atoms with Crippen molar-refractivity contribution >= 4 is 36.4 Å². The minimum Gasteiger partial charge on any atom is -0.338 e. The fourth-order valence-electron chi connectivity index (χ4n) is 3.02. The van der Waals surface area contributed by atoms with Crippen molar-refractivity contribution in [2.75, 3.05) is 38.0 Å². The Bertz CT molecular complexity index is 762. The van der Waals surface area contributed by atoms with Gasteiger partial charge in [-0.15, -0.1) is 24.8 Å². The summed E-state index contributed by atoms with van der Waals surface area (Å²) >= 11 is 0. The molecule has 1 aromatic carbocycles. The number of benzene rings is 1. The average molecular weight is 431 g/mol. The molecule has 1 aromatic heterocycles. The Hall–Kier alpha value is -1.71. The third-order valence-corrected chi connectivity index (χ3v) is 4.76. The molecule has 0 saturated carbocycles. The molecule has 2 aromatic rings. The number of nitrogens with two attached hydrogens (primary N) is 1. The smallest absolute Gasteiger partial charge is 0.240 e. The number of anilines is 1. The maximum atomic E-state index is 12.3. The van der Waals surface area contributed by atoms with Crippen LogP contribution in [0.25, 0.3) is 0 Å². The van der Waals surface area contributed by atoms with Crippen molar-refractivity contribution in [1.29, 1.82) is 0 Å². The molecule has 0 spiro atoms. The highest BCUT2D eigenvalue weighted by Gasteiger charge is 2.20. The van der Waals surface area contributed by atoms with E-state index >= 15 is 0 Å². The molecular formula is C18H28Cl2N6O2. The molecule has 1 saturated heterocycles. The van der Waals surface area contributed by atoms with E-state index in [-0.39, 0.29) is 37.3 Å². The first-order valence-electron chi connectivity index (χ1n) is 8.87. The number of hydrogen-bond donors (Lipinski definition) is 2. The maximum Gasteiger partial charge on any atom is 0.240 e. The molecule has 1 fully saturated rings. The third kappa shape index (κ3) is 6.42. The maximum absolute atomic E-state index is 12.3. The van der Waals surface area contributed by atoms with Crippen LogP contribution in [0, 0.1) is 13.8 Å². The van der Waals surface area contributed by atoms with Gasteiger partial charge in [-0.1, -0.05) is 17.3 Å². The summed E-state index contributed by atoms with van der Waals surface area (Å²) in [5.41, 5.74) is 8.66. The van der Waals surface area contributed by atoms with E-state index in [0.29, 0.717) is 24.8 Å². The lowest BCUT2D eigenvalue weighted by molar-refractivity contribution is -0.117. The highest BCUT2D eigenvalue weighted by molar-refractivity contribution is 5.93. The number of carbonyl (C=O) groups is 1. The van der Waals surface area contributed by atoms with E-state index in [1.165, 1.54) is 5.56 Å². The van der Waals surface area contributed by atoms with E-state index in [9.17, 15) is 4.79 Å². The molecule has 1 amide bonds. The lowest BCUT2D eigenvalue weighted by Crippen LogP contribution is -2.48. The van der Waals surface area contributed by atoms with Gasteiger partial charge in [0.25, 0.3) is 0 Å². The zero-order chi connectivity index (χ0) is 18.5. The molecule has 0 unspecified atom stereocenters. The van der Waals surface area contributed by atoms with Gasteiger partial charge in [0.05, 0.1) is 19.6 Å². The number of amides is 1. The monoisotopic (exact) mass is 430 g/mol. The number of nitrogens with one attached hydrogen (secondary N) is 1. The van der Waals surface area contributed by atoms with E-state index in [0.717, 1.165) is 37.4 Å². The summed E-state index contributed by atoms with van der Waals surface area (Å²) in [5, 5.41) is 6.95. The first-order valence-corrected chi connectivity index (χ1v) is 8.87. The van der Waals surface area contributed by atoms with Gasteiger partial charge in [0.1, 0.15) is 0 Å². The van der Waals surface area contributed by atoms with Gasteiger partial charge >= 0.3 is 0 Å². The van der Waals surface area contributed by atoms with Gasteiger partial charge in [0.2, 0.25) is 11.8 Å². The minimum atomic E-state index is 0. The number of rotatable bonds is 6. The van der Waals surface area contributed by atoms with Crippen LogP contribution in [0.5, 0.6) is 0 Å². The molecule has 0 radical (unpaired) electrons.